The highest BCUT2D eigenvalue weighted by atomic mass is 16.2. The minimum atomic E-state index is 0.0516. The van der Waals surface area contributed by atoms with Crippen molar-refractivity contribution < 1.29 is 4.79 Å². The molecule has 0 saturated carbocycles. The molecule has 0 atom stereocenters. The van der Waals surface area contributed by atoms with E-state index in [-0.39, 0.29) is 5.91 Å². The predicted octanol–water partition coefficient (Wildman–Crippen LogP) is 2.25. The number of para-hydroxylation sites is 1. The standard InChI is InChI=1S/C22H29N7O/c1-4-16-7-6-8-17(5-2)20(16)26-19(30)14-28-9-11-29(12-10-28)22-18-13-25-27(3)21(18)23-15-24-22/h6-8,13,15H,4-5,9-12,14H2,1-3H3,(H,26,30). The van der Waals surface area contributed by atoms with Crippen LogP contribution in [0.3, 0.4) is 0 Å². The molecule has 0 spiro atoms. The van der Waals surface area contributed by atoms with E-state index in [0.29, 0.717) is 6.54 Å². The second kappa shape index (κ2) is 8.79. The van der Waals surface area contributed by atoms with Crippen molar-refractivity contribution in [1.82, 2.24) is 24.6 Å². The SMILES string of the molecule is CCc1cccc(CC)c1NC(=O)CN1CCN(c2ncnc3c2cnn3C)CC1. The van der Waals surface area contributed by atoms with Gasteiger partial charge < -0.3 is 10.2 Å². The van der Waals surface area contributed by atoms with Crippen LogP contribution in [0.2, 0.25) is 0 Å². The van der Waals surface area contributed by atoms with Crippen molar-refractivity contribution in [2.24, 2.45) is 7.05 Å². The Hall–Kier alpha value is -3.00. The third-order valence-electron chi connectivity index (χ3n) is 5.81. The van der Waals surface area contributed by atoms with Crippen molar-refractivity contribution in [2.75, 3.05) is 42.9 Å². The van der Waals surface area contributed by atoms with Gasteiger partial charge in [-0.15, -0.1) is 0 Å². The van der Waals surface area contributed by atoms with Crippen molar-refractivity contribution >= 4 is 28.4 Å². The number of piperazine rings is 1. The summed E-state index contributed by atoms with van der Waals surface area (Å²) in [5, 5.41) is 8.44. The van der Waals surface area contributed by atoms with Gasteiger partial charge in [0.05, 0.1) is 18.1 Å². The summed E-state index contributed by atoms with van der Waals surface area (Å²) in [6.07, 6.45) is 5.23. The molecule has 2 aromatic heterocycles. The second-order valence-corrected chi connectivity index (χ2v) is 7.67. The number of nitrogens with one attached hydrogen (secondary N) is 1. The van der Waals surface area contributed by atoms with Crippen LogP contribution in [0.4, 0.5) is 11.5 Å². The summed E-state index contributed by atoms with van der Waals surface area (Å²) in [4.78, 5) is 26.0. The molecule has 0 unspecified atom stereocenters. The van der Waals surface area contributed by atoms with Gasteiger partial charge in [0.1, 0.15) is 12.1 Å². The summed E-state index contributed by atoms with van der Waals surface area (Å²) < 4.78 is 1.76. The van der Waals surface area contributed by atoms with Crippen molar-refractivity contribution in [2.45, 2.75) is 26.7 Å². The number of fused-ring (bicyclic) bond motifs is 1. The van der Waals surface area contributed by atoms with E-state index < -0.39 is 0 Å². The Morgan fingerprint density at radius 3 is 2.43 bits per heavy atom. The van der Waals surface area contributed by atoms with E-state index in [1.807, 2.05) is 13.2 Å². The smallest absolute Gasteiger partial charge is 0.238 e. The fraction of sp³-hybridized carbons (Fsp3) is 0.455. The Kier molecular flexibility index (Phi) is 5.94. The predicted molar refractivity (Wildman–Crippen MR) is 119 cm³/mol. The molecule has 1 aliphatic rings. The second-order valence-electron chi connectivity index (χ2n) is 7.67. The number of anilines is 2. The van der Waals surface area contributed by atoms with E-state index in [4.69, 9.17) is 0 Å². The van der Waals surface area contributed by atoms with Crippen LogP contribution < -0.4 is 10.2 Å². The van der Waals surface area contributed by atoms with Crippen LogP contribution in [-0.2, 0) is 24.7 Å². The minimum absolute atomic E-state index is 0.0516. The number of rotatable bonds is 6. The maximum Gasteiger partial charge on any atom is 0.238 e. The maximum atomic E-state index is 12.7. The highest BCUT2D eigenvalue weighted by Gasteiger charge is 2.22. The Morgan fingerprint density at radius 1 is 1.07 bits per heavy atom. The number of amides is 1. The fourth-order valence-electron chi connectivity index (χ4n) is 4.10. The maximum absolute atomic E-state index is 12.7. The molecule has 1 fully saturated rings. The first kappa shape index (κ1) is 20.3. The van der Waals surface area contributed by atoms with Gasteiger partial charge in [-0.05, 0) is 24.0 Å². The first-order valence-electron chi connectivity index (χ1n) is 10.6. The quantitative estimate of drug-likeness (QED) is 0.675. The van der Waals surface area contributed by atoms with Gasteiger partial charge in [0.15, 0.2) is 5.65 Å². The van der Waals surface area contributed by atoms with Crippen LogP contribution in [0.5, 0.6) is 0 Å². The average Bonchev–Trinajstić information content (AvgIpc) is 3.15. The monoisotopic (exact) mass is 407 g/mol. The molecule has 1 amide bonds. The number of hydrogen-bond acceptors (Lipinski definition) is 6. The highest BCUT2D eigenvalue weighted by Crippen LogP contribution is 2.24. The van der Waals surface area contributed by atoms with Crippen LogP contribution >= 0.6 is 0 Å². The van der Waals surface area contributed by atoms with Crippen molar-refractivity contribution in [3.8, 4) is 0 Å². The molecule has 3 heterocycles. The lowest BCUT2D eigenvalue weighted by Gasteiger charge is -2.35. The van der Waals surface area contributed by atoms with E-state index in [1.54, 1.807) is 11.0 Å². The molecule has 8 nitrogen and oxygen atoms in total. The molecule has 0 aliphatic carbocycles. The van der Waals surface area contributed by atoms with Gasteiger partial charge in [0.2, 0.25) is 5.91 Å². The summed E-state index contributed by atoms with van der Waals surface area (Å²) in [6, 6.07) is 6.25. The lowest BCUT2D eigenvalue weighted by Crippen LogP contribution is -2.49. The molecule has 0 bridgehead atoms. The zero-order chi connectivity index (χ0) is 21.1. The molecule has 8 heteroatoms. The third kappa shape index (κ3) is 4.00. The molecule has 0 radical (unpaired) electrons. The number of nitrogens with zero attached hydrogens (tertiary/aromatic N) is 6. The topological polar surface area (TPSA) is 79.2 Å². The van der Waals surface area contributed by atoms with E-state index >= 15 is 0 Å². The minimum Gasteiger partial charge on any atom is -0.353 e. The third-order valence-corrected chi connectivity index (χ3v) is 5.81. The summed E-state index contributed by atoms with van der Waals surface area (Å²) in [6.45, 7) is 7.91. The number of aromatic nitrogens is 4. The van der Waals surface area contributed by atoms with Crippen molar-refractivity contribution in [3.05, 3.63) is 41.9 Å². The van der Waals surface area contributed by atoms with Gasteiger partial charge in [-0.25, -0.2) is 9.97 Å². The highest BCUT2D eigenvalue weighted by molar-refractivity contribution is 5.94. The number of carbonyl (C=O) groups excluding carboxylic acids is 1. The largest absolute Gasteiger partial charge is 0.353 e. The first-order valence-corrected chi connectivity index (χ1v) is 10.6. The molecule has 1 aromatic carbocycles. The van der Waals surface area contributed by atoms with E-state index in [1.165, 1.54) is 11.1 Å². The summed E-state index contributed by atoms with van der Waals surface area (Å²) >= 11 is 0. The molecule has 4 rings (SSSR count). The Balaban J connectivity index is 1.38. The van der Waals surface area contributed by atoms with Crippen LogP contribution in [0.1, 0.15) is 25.0 Å². The van der Waals surface area contributed by atoms with Gasteiger partial charge in [-0.1, -0.05) is 32.0 Å². The van der Waals surface area contributed by atoms with E-state index in [0.717, 1.165) is 61.6 Å². The lowest BCUT2D eigenvalue weighted by atomic mass is 10.0. The zero-order valence-corrected chi connectivity index (χ0v) is 17.9. The van der Waals surface area contributed by atoms with Gasteiger partial charge in [0, 0.05) is 38.9 Å². The summed E-state index contributed by atoms with van der Waals surface area (Å²) in [5.41, 5.74) is 4.21. The average molecular weight is 408 g/mol. The van der Waals surface area contributed by atoms with Gasteiger partial charge in [-0.2, -0.15) is 5.10 Å². The molecular formula is C22H29N7O. The molecule has 1 aliphatic heterocycles. The molecule has 1 saturated heterocycles. The molecular weight excluding hydrogens is 378 g/mol. The van der Waals surface area contributed by atoms with E-state index in [9.17, 15) is 4.79 Å². The number of hydrogen-bond donors (Lipinski definition) is 1. The van der Waals surface area contributed by atoms with Crippen LogP contribution in [0, 0.1) is 0 Å². The summed E-state index contributed by atoms with van der Waals surface area (Å²) in [5.74, 6) is 0.970. The number of aryl methyl sites for hydroxylation is 3. The normalized spacial score (nSPS) is 15.0. The van der Waals surface area contributed by atoms with Crippen LogP contribution in [0.15, 0.2) is 30.7 Å². The number of carbonyl (C=O) groups is 1. The van der Waals surface area contributed by atoms with Gasteiger partial charge in [0.25, 0.3) is 0 Å². The molecule has 158 valence electrons. The molecule has 1 N–H and O–H groups in total. The van der Waals surface area contributed by atoms with E-state index in [2.05, 4.69) is 62.2 Å². The zero-order valence-electron chi connectivity index (χ0n) is 17.9. The van der Waals surface area contributed by atoms with Crippen LogP contribution in [0.25, 0.3) is 11.0 Å². The van der Waals surface area contributed by atoms with Crippen LogP contribution in [-0.4, -0.2) is 63.3 Å². The van der Waals surface area contributed by atoms with Crippen molar-refractivity contribution in [3.63, 3.8) is 0 Å². The van der Waals surface area contributed by atoms with Gasteiger partial charge in [-0.3, -0.25) is 14.4 Å². The lowest BCUT2D eigenvalue weighted by molar-refractivity contribution is -0.117. The first-order chi connectivity index (χ1) is 14.6. The van der Waals surface area contributed by atoms with Gasteiger partial charge >= 0.3 is 0 Å². The van der Waals surface area contributed by atoms with Crippen molar-refractivity contribution in [1.29, 1.82) is 0 Å². The fourth-order valence-corrected chi connectivity index (χ4v) is 4.10. The Bertz CT molecular complexity index is 1010. The molecule has 3 aromatic rings. The molecule has 30 heavy (non-hydrogen) atoms. The summed E-state index contributed by atoms with van der Waals surface area (Å²) in [7, 11) is 1.89. The number of benzene rings is 1. The Morgan fingerprint density at radius 2 is 1.77 bits per heavy atom. The Labute approximate surface area is 176 Å².